The molecule has 0 aliphatic carbocycles. The minimum absolute atomic E-state index is 0.226. The highest BCUT2D eigenvalue weighted by Gasteiger charge is 2.04. The van der Waals surface area contributed by atoms with Crippen molar-refractivity contribution in [3.63, 3.8) is 0 Å². The van der Waals surface area contributed by atoms with Gasteiger partial charge in [-0.05, 0) is 18.9 Å². The Morgan fingerprint density at radius 1 is 1.53 bits per heavy atom. The smallest absolute Gasteiger partial charge is 0.0625 e. The van der Waals surface area contributed by atoms with Gasteiger partial charge in [0.15, 0.2) is 0 Å². The van der Waals surface area contributed by atoms with Crippen molar-refractivity contribution < 1.29 is 0 Å². The maximum atomic E-state index is 6.02. The van der Waals surface area contributed by atoms with Gasteiger partial charge in [0.25, 0.3) is 0 Å². The first kappa shape index (κ1) is 12.5. The van der Waals surface area contributed by atoms with Gasteiger partial charge in [-0.25, -0.2) is 0 Å². The van der Waals surface area contributed by atoms with Crippen LogP contribution in [0.4, 0.5) is 0 Å². The molecule has 0 aromatic carbocycles. The summed E-state index contributed by atoms with van der Waals surface area (Å²) in [6, 6.07) is 2.14. The van der Waals surface area contributed by atoms with Gasteiger partial charge >= 0.3 is 0 Å². The zero-order chi connectivity index (χ0) is 11.3. The number of hydrogen-bond donors (Lipinski definition) is 1. The Balaban J connectivity index is 2.40. The van der Waals surface area contributed by atoms with E-state index in [0.29, 0.717) is 0 Å². The Kier molecular flexibility index (Phi) is 5.12. The van der Waals surface area contributed by atoms with Crippen LogP contribution in [-0.4, -0.2) is 21.7 Å². The fraction of sp³-hybridized carbons (Fsp3) is 0.727. The summed E-state index contributed by atoms with van der Waals surface area (Å²) >= 11 is 6.02. The molecule has 1 atom stereocenters. The van der Waals surface area contributed by atoms with Crippen LogP contribution in [0.5, 0.6) is 0 Å². The molecule has 0 aliphatic heterocycles. The van der Waals surface area contributed by atoms with E-state index in [9.17, 15) is 0 Å². The summed E-state index contributed by atoms with van der Waals surface area (Å²) in [5, 5.41) is 7.95. The molecule has 4 heteroatoms. The van der Waals surface area contributed by atoms with Gasteiger partial charge in [-0.1, -0.05) is 13.8 Å². The zero-order valence-electron chi connectivity index (χ0n) is 9.76. The average molecular weight is 230 g/mol. The first-order chi connectivity index (χ1) is 7.17. The van der Waals surface area contributed by atoms with Gasteiger partial charge in [-0.3, -0.25) is 4.68 Å². The predicted octanol–water partition coefficient (Wildman–Crippen LogP) is 2.09. The molecule has 1 unspecified atom stereocenters. The number of nitrogens with zero attached hydrogens (tertiary/aromatic N) is 2. The van der Waals surface area contributed by atoms with Crippen molar-refractivity contribution in [1.29, 1.82) is 0 Å². The molecule has 0 amide bonds. The number of rotatable bonds is 6. The summed E-state index contributed by atoms with van der Waals surface area (Å²) in [5.41, 5.74) is 2.36. The molecule has 1 rings (SSSR count). The molecule has 1 N–H and O–H groups in total. The SMILES string of the molecule is CCc1cc(CNCC(Cl)CC)n(C)n1. The van der Waals surface area contributed by atoms with Crippen molar-refractivity contribution in [3.05, 3.63) is 17.5 Å². The summed E-state index contributed by atoms with van der Waals surface area (Å²) in [4.78, 5) is 0. The molecule has 0 spiro atoms. The number of nitrogens with one attached hydrogen (secondary N) is 1. The maximum absolute atomic E-state index is 6.02. The summed E-state index contributed by atoms with van der Waals surface area (Å²) < 4.78 is 1.93. The second-order valence-corrected chi connectivity index (χ2v) is 4.36. The molecule has 0 fully saturated rings. The molecular weight excluding hydrogens is 210 g/mol. The van der Waals surface area contributed by atoms with E-state index in [1.54, 1.807) is 0 Å². The van der Waals surface area contributed by atoms with E-state index in [1.165, 1.54) is 5.69 Å². The molecule has 0 bridgehead atoms. The minimum Gasteiger partial charge on any atom is -0.310 e. The van der Waals surface area contributed by atoms with Crippen molar-refractivity contribution in [2.24, 2.45) is 7.05 Å². The molecule has 0 saturated carbocycles. The third-order valence-electron chi connectivity index (χ3n) is 2.50. The fourth-order valence-electron chi connectivity index (χ4n) is 1.41. The van der Waals surface area contributed by atoms with Crippen LogP contribution in [0.15, 0.2) is 6.07 Å². The summed E-state index contributed by atoms with van der Waals surface area (Å²) in [5.74, 6) is 0. The molecule has 1 aromatic heterocycles. The molecule has 86 valence electrons. The summed E-state index contributed by atoms with van der Waals surface area (Å²) in [7, 11) is 1.98. The Morgan fingerprint density at radius 3 is 2.80 bits per heavy atom. The molecular formula is C11H20ClN3. The van der Waals surface area contributed by atoms with Crippen molar-refractivity contribution in [2.75, 3.05) is 6.54 Å². The van der Waals surface area contributed by atoms with Crippen molar-refractivity contribution in [3.8, 4) is 0 Å². The van der Waals surface area contributed by atoms with Gasteiger partial charge < -0.3 is 5.32 Å². The highest BCUT2D eigenvalue weighted by atomic mass is 35.5. The molecule has 0 radical (unpaired) electrons. The number of aryl methyl sites for hydroxylation is 2. The standard InChI is InChI=1S/C11H20ClN3/c1-4-9(12)7-13-8-11-6-10(5-2)14-15(11)3/h6,9,13H,4-5,7-8H2,1-3H3. The van der Waals surface area contributed by atoms with Gasteiger partial charge in [0.1, 0.15) is 0 Å². The fourth-order valence-corrected chi connectivity index (χ4v) is 1.52. The van der Waals surface area contributed by atoms with E-state index < -0.39 is 0 Å². The largest absolute Gasteiger partial charge is 0.310 e. The van der Waals surface area contributed by atoms with Crippen LogP contribution in [0.1, 0.15) is 31.7 Å². The van der Waals surface area contributed by atoms with E-state index in [2.05, 4.69) is 30.3 Å². The van der Waals surface area contributed by atoms with Crippen molar-refractivity contribution >= 4 is 11.6 Å². The second kappa shape index (κ2) is 6.13. The summed E-state index contributed by atoms with van der Waals surface area (Å²) in [6.45, 7) is 5.90. The molecule has 0 saturated heterocycles. The Hall–Kier alpha value is -0.540. The van der Waals surface area contributed by atoms with Gasteiger partial charge in [0.2, 0.25) is 0 Å². The number of aromatic nitrogens is 2. The van der Waals surface area contributed by atoms with Crippen LogP contribution in [0.3, 0.4) is 0 Å². The van der Waals surface area contributed by atoms with E-state index in [-0.39, 0.29) is 5.38 Å². The van der Waals surface area contributed by atoms with Crippen molar-refractivity contribution in [2.45, 2.75) is 38.6 Å². The Bertz CT molecular complexity index is 296. The van der Waals surface area contributed by atoms with Crippen molar-refractivity contribution in [1.82, 2.24) is 15.1 Å². The van der Waals surface area contributed by atoms with Crippen LogP contribution < -0.4 is 5.32 Å². The van der Waals surface area contributed by atoms with Gasteiger partial charge in [0, 0.05) is 25.5 Å². The average Bonchev–Trinajstić information content (AvgIpc) is 2.59. The number of alkyl halides is 1. The first-order valence-corrected chi connectivity index (χ1v) is 5.97. The lowest BCUT2D eigenvalue weighted by molar-refractivity contribution is 0.605. The first-order valence-electron chi connectivity index (χ1n) is 5.53. The predicted molar refractivity (Wildman–Crippen MR) is 64.2 cm³/mol. The van der Waals surface area contributed by atoms with Gasteiger partial charge in [-0.2, -0.15) is 5.10 Å². The molecule has 1 heterocycles. The third-order valence-corrected chi connectivity index (χ3v) is 2.97. The lowest BCUT2D eigenvalue weighted by Crippen LogP contribution is -2.23. The molecule has 1 aromatic rings. The normalized spacial score (nSPS) is 13.1. The second-order valence-electron chi connectivity index (χ2n) is 3.74. The topological polar surface area (TPSA) is 29.9 Å². The van der Waals surface area contributed by atoms with Crippen LogP contribution in [0.25, 0.3) is 0 Å². The highest BCUT2D eigenvalue weighted by Crippen LogP contribution is 2.04. The van der Waals surface area contributed by atoms with Gasteiger partial charge in [0.05, 0.1) is 11.4 Å². The quantitative estimate of drug-likeness (QED) is 0.758. The monoisotopic (exact) mass is 229 g/mol. The van der Waals surface area contributed by atoms with Crippen LogP contribution in [-0.2, 0) is 20.0 Å². The van der Waals surface area contributed by atoms with Crippen LogP contribution in [0, 0.1) is 0 Å². The van der Waals surface area contributed by atoms with Crippen LogP contribution >= 0.6 is 11.6 Å². The third kappa shape index (κ3) is 3.84. The Labute approximate surface area is 96.8 Å². The Morgan fingerprint density at radius 2 is 2.27 bits per heavy atom. The van der Waals surface area contributed by atoms with E-state index >= 15 is 0 Å². The minimum atomic E-state index is 0.226. The van der Waals surface area contributed by atoms with Crippen LogP contribution in [0.2, 0.25) is 0 Å². The molecule has 15 heavy (non-hydrogen) atoms. The lowest BCUT2D eigenvalue weighted by atomic mass is 10.3. The summed E-state index contributed by atoms with van der Waals surface area (Å²) in [6.07, 6.45) is 1.99. The van der Waals surface area contributed by atoms with E-state index in [0.717, 1.165) is 31.6 Å². The number of hydrogen-bond acceptors (Lipinski definition) is 2. The lowest BCUT2D eigenvalue weighted by Gasteiger charge is -2.08. The highest BCUT2D eigenvalue weighted by molar-refractivity contribution is 6.20. The van der Waals surface area contributed by atoms with E-state index in [4.69, 9.17) is 11.6 Å². The molecule has 3 nitrogen and oxygen atoms in total. The number of halogens is 1. The maximum Gasteiger partial charge on any atom is 0.0625 e. The molecule has 0 aliphatic rings. The zero-order valence-corrected chi connectivity index (χ0v) is 10.5. The van der Waals surface area contributed by atoms with Gasteiger partial charge in [-0.15, -0.1) is 11.6 Å². The van der Waals surface area contributed by atoms with E-state index in [1.807, 2.05) is 11.7 Å².